The number of aromatic nitrogens is 3. The minimum absolute atomic E-state index is 0.370. The van der Waals surface area contributed by atoms with Crippen LogP contribution in [0.2, 0.25) is 0 Å². The minimum atomic E-state index is -0.507. The van der Waals surface area contributed by atoms with Gasteiger partial charge in [0.2, 0.25) is 0 Å². The highest BCUT2D eigenvalue weighted by Crippen LogP contribution is 2.22. The average molecular weight is 236 g/mol. The molecule has 0 aliphatic heterocycles. The summed E-state index contributed by atoms with van der Waals surface area (Å²) in [5, 5.41) is 7.40. The Hall–Kier alpha value is -2.18. The Morgan fingerprint density at radius 1 is 1.53 bits per heavy atom. The van der Waals surface area contributed by atoms with Crippen molar-refractivity contribution in [2.75, 3.05) is 12.4 Å². The first kappa shape index (κ1) is 11.3. The topological polar surface area (TPSA) is 90.1 Å². The summed E-state index contributed by atoms with van der Waals surface area (Å²) >= 11 is 0. The Bertz CT molecular complexity index is 551. The van der Waals surface area contributed by atoms with E-state index in [1.54, 1.807) is 13.8 Å². The van der Waals surface area contributed by atoms with E-state index in [-0.39, 0.29) is 5.97 Å². The van der Waals surface area contributed by atoms with E-state index in [0.29, 0.717) is 22.6 Å². The van der Waals surface area contributed by atoms with Crippen LogP contribution in [-0.2, 0) is 9.53 Å². The number of carbonyl (C=O) groups is 1. The SMILES string of the molecule is COC(=O)C(C)Nc1ncnc2onc(C)c12. The van der Waals surface area contributed by atoms with E-state index >= 15 is 0 Å². The van der Waals surface area contributed by atoms with Crippen LogP contribution in [0, 0.1) is 6.92 Å². The second-order valence-electron chi connectivity index (χ2n) is 3.56. The lowest BCUT2D eigenvalue weighted by Crippen LogP contribution is -2.27. The maximum Gasteiger partial charge on any atom is 0.328 e. The van der Waals surface area contributed by atoms with Crippen molar-refractivity contribution in [3.8, 4) is 0 Å². The molecule has 2 aromatic rings. The molecule has 0 saturated carbocycles. The molecule has 1 unspecified atom stereocenters. The number of nitrogens with one attached hydrogen (secondary N) is 1. The number of aryl methyl sites for hydroxylation is 1. The molecule has 7 nitrogen and oxygen atoms in total. The molecule has 0 aromatic carbocycles. The lowest BCUT2D eigenvalue weighted by Gasteiger charge is -2.12. The zero-order valence-corrected chi connectivity index (χ0v) is 9.72. The number of anilines is 1. The lowest BCUT2D eigenvalue weighted by atomic mass is 10.2. The maximum atomic E-state index is 11.3. The first-order valence-electron chi connectivity index (χ1n) is 5.05. The quantitative estimate of drug-likeness (QED) is 0.791. The summed E-state index contributed by atoms with van der Waals surface area (Å²) in [7, 11) is 1.33. The van der Waals surface area contributed by atoms with Gasteiger partial charge in [-0.15, -0.1) is 0 Å². The number of rotatable bonds is 3. The molecule has 1 N–H and O–H groups in total. The Balaban J connectivity index is 2.35. The van der Waals surface area contributed by atoms with Crippen molar-refractivity contribution in [3.05, 3.63) is 12.0 Å². The smallest absolute Gasteiger partial charge is 0.328 e. The van der Waals surface area contributed by atoms with Gasteiger partial charge >= 0.3 is 5.97 Å². The van der Waals surface area contributed by atoms with E-state index < -0.39 is 6.04 Å². The van der Waals surface area contributed by atoms with Crippen molar-refractivity contribution in [2.24, 2.45) is 0 Å². The van der Waals surface area contributed by atoms with Gasteiger partial charge in [0.25, 0.3) is 5.71 Å². The number of carbonyl (C=O) groups excluding carboxylic acids is 1. The number of hydrogen-bond acceptors (Lipinski definition) is 7. The first-order chi connectivity index (χ1) is 8.13. The van der Waals surface area contributed by atoms with Gasteiger partial charge in [0.05, 0.1) is 12.8 Å². The summed E-state index contributed by atoms with van der Waals surface area (Å²) < 4.78 is 9.62. The molecule has 2 aromatic heterocycles. The fourth-order valence-corrected chi connectivity index (χ4v) is 1.47. The number of ether oxygens (including phenoxy) is 1. The van der Waals surface area contributed by atoms with Crippen molar-refractivity contribution >= 4 is 22.9 Å². The number of hydrogen-bond donors (Lipinski definition) is 1. The fraction of sp³-hybridized carbons (Fsp3) is 0.400. The molecule has 0 amide bonds. The molecule has 0 aliphatic rings. The highest BCUT2D eigenvalue weighted by Gasteiger charge is 2.17. The zero-order valence-electron chi connectivity index (χ0n) is 9.72. The molecule has 0 bridgehead atoms. The van der Waals surface area contributed by atoms with Gasteiger partial charge in [-0.3, -0.25) is 0 Å². The number of esters is 1. The molecule has 17 heavy (non-hydrogen) atoms. The molecule has 0 aliphatic carbocycles. The van der Waals surface area contributed by atoms with E-state index in [1.807, 2.05) is 0 Å². The van der Waals surface area contributed by atoms with E-state index in [2.05, 4.69) is 25.2 Å². The Morgan fingerprint density at radius 3 is 3.00 bits per heavy atom. The molecule has 0 spiro atoms. The largest absolute Gasteiger partial charge is 0.467 e. The van der Waals surface area contributed by atoms with Crippen LogP contribution in [0.1, 0.15) is 12.6 Å². The normalized spacial score (nSPS) is 12.4. The predicted molar refractivity (Wildman–Crippen MR) is 59.4 cm³/mol. The van der Waals surface area contributed by atoms with Crippen LogP contribution in [0.5, 0.6) is 0 Å². The van der Waals surface area contributed by atoms with Crippen LogP contribution in [0.15, 0.2) is 10.9 Å². The summed E-state index contributed by atoms with van der Waals surface area (Å²) in [6.45, 7) is 3.46. The molecular weight excluding hydrogens is 224 g/mol. The van der Waals surface area contributed by atoms with Gasteiger partial charge in [-0.2, -0.15) is 4.98 Å². The molecule has 2 heterocycles. The molecule has 7 heteroatoms. The minimum Gasteiger partial charge on any atom is -0.467 e. The Morgan fingerprint density at radius 2 is 2.29 bits per heavy atom. The molecule has 2 rings (SSSR count). The third kappa shape index (κ3) is 2.03. The second-order valence-corrected chi connectivity index (χ2v) is 3.56. The van der Waals surface area contributed by atoms with Gasteiger partial charge in [0.15, 0.2) is 0 Å². The van der Waals surface area contributed by atoms with Gasteiger partial charge in [-0.25, -0.2) is 9.78 Å². The van der Waals surface area contributed by atoms with Crippen molar-refractivity contribution < 1.29 is 14.1 Å². The van der Waals surface area contributed by atoms with E-state index in [0.717, 1.165) is 0 Å². The van der Waals surface area contributed by atoms with Gasteiger partial charge in [0.1, 0.15) is 23.6 Å². The van der Waals surface area contributed by atoms with Crippen molar-refractivity contribution in [2.45, 2.75) is 19.9 Å². The fourth-order valence-electron chi connectivity index (χ4n) is 1.47. The summed E-state index contributed by atoms with van der Waals surface area (Å²) in [6.07, 6.45) is 1.35. The van der Waals surface area contributed by atoms with Crippen LogP contribution in [0.4, 0.5) is 5.82 Å². The first-order valence-corrected chi connectivity index (χ1v) is 5.05. The summed E-state index contributed by atoms with van der Waals surface area (Å²) in [6, 6.07) is -0.507. The number of nitrogens with zero attached hydrogens (tertiary/aromatic N) is 3. The molecule has 0 saturated heterocycles. The Labute approximate surface area is 97.2 Å². The molecule has 90 valence electrons. The molecule has 0 radical (unpaired) electrons. The maximum absolute atomic E-state index is 11.3. The van der Waals surface area contributed by atoms with Crippen molar-refractivity contribution in [1.82, 2.24) is 15.1 Å². The monoisotopic (exact) mass is 236 g/mol. The van der Waals surface area contributed by atoms with Crippen LogP contribution in [0.25, 0.3) is 11.1 Å². The van der Waals surface area contributed by atoms with Gasteiger partial charge < -0.3 is 14.6 Å². The van der Waals surface area contributed by atoms with Gasteiger partial charge in [-0.1, -0.05) is 5.16 Å². The zero-order chi connectivity index (χ0) is 12.4. The number of methoxy groups -OCH3 is 1. The Kier molecular flexibility index (Phi) is 2.90. The van der Waals surface area contributed by atoms with E-state index in [1.165, 1.54) is 13.4 Å². The van der Waals surface area contributed by atoms with Crippen LogP contribution in [0.3, 0.4) is 0 Å². The van der Waals surface area contributed by atoms with Crippen molar-refractivity contribution in [3.63, 3.8) is 0 Å². The third-order valence-electron chi connectivity index (χ3n) is 2.35. The van der Waals surface area contributed by atoms with Crippen LogP contribution < -0.4 is 5.32 Å². The third-order valence-corrected chi connectivity index (χ3v) is 2.35. The second kappa shape index (κ2) is 4.36. The summed E-state index contributed by atoms with van der Waals surface area (Å²) in [4.78, 5) is 19.3. The summed E-state index contributed by atoms with van der Waals surface area (Å²) in [5.74, 6) is 0.137. The molecular formula is C10H12N4O3. The number of fused-ring (bicyclic) bond motifs is 1. The molecule has 0 fully saturated rings. The standard InChI is InChI=1S/C10H12N4O3/c1-5-7-8(13-6(2)10(15)16-3)11-4-12-9(7)17-14-5/h4,6H,1-3H3,(H,11,12,13). The van der Waals surface area contributed by atoms with Crippen LogP contribution >= 0.6 is 0 Å². The lowest BCUT2D eigenvalue weighted by molar-refractivity contribution is -0.141. The average Bonchev–Trinajstić information content (AvgIpc) is 2.71. The molecule has 1 atom stereocenters. The summed E-state index contributed by atoms with van der Waals surface area (Å²) in [5.41, 5.74) is 1.05. The van der Waals surface area contributed by atoms with E-state index in [9.17, 15) is 4.79 Å². The van der Waals surface area contributed by atoms with Gasteiger partial charge in [0, 0.05) is 0 Å². The highest BCUT2D eigenvalue weighted by molar-refractivity contribution is 5.89. The van der Waals surface area contributed by atoms with Crippen molar-refractivity contribution in [1.29, 1.82) is 0 Å². The van der Waals surface area contributed by atoms with Crippen LogP contribution in [-0.4, -0.2) is 34.2 Å². The predicted octanol–water partition coefficient (Wildman–Crippen LogP) is 0.900. The highest BCUT2D eigenvalue weighted by atomic mass is 16.5. The van der Waals surface area contributed by atoms with Gasteiger partial charge in [-0.05, 0) is 13.8 Å². The van der Waals surface area contributed by atoms with E-state index in [4.69, 9.17) is 4.52 Å².